The number of nitrogens with two attached hydrogens (primary N) is 1. The minimum atomic E-state index is 0.123. The summed E-state index contributed by atoms with van der Waals surface area (Å²) in [5.41, 5.74) is 8.57. The molecule has 0 saturated carbocycles. The maximum atomic E-state index is 6.13. The number of unbranched alkanes of at least 4 members (excludes halogenated alkanes) is 2. The Kier molecular flexibility index (Phi) is 7.22. The first-order valence-corrected chi connectivity index (χ1v) is 6.93. The van der Waals surface area contributed by atoms with Gasteiger partial charge in [0.25, 0.3) is 0 Å². The Morgan fingerprint density at radius 3 is 2.95 bits per heavy atom. The molecule has 0 aliphatic heterocycles. The molecule has 0 spiro atoms. The number of benzene rings is 1. The number of nitrogens with zero attached hydrogens (tertiary/aromatic N) is 1. The number of rotatable bonds is 7. The van der Waals surface area contributed by atoms with Gasteiger partial charge in [-0.2, -0.15) is 5.10 Å². The van der Waals surface area contributed by atoms with Crippen LogP contribution < -0.4 is 15.9 Å². The highest BCUT2D eigenvalue weighted by molar-refractivity contribution is 7.80. The van der Waals surface area contributed by atoms with Crippen molar-refractivity contribution in [2.75, 3.05) is 6.61 Å². The van der Waals surface area contributed by atoms with Gasteiger partial charge in [0.1, 0.15) is 5.75 Å². The summed E-state index contributed by atoms with van der Waals surface area (Å²) in [6.07, 6.45) is 4.95. The lowest BCUT2D eigenvalue weighted by atomic mass is 10.2. The summed E-state index contributed by atoms with van der Waals surface area (Å²) in [5.74, 6) is 0.692. The molecule has 1 rings (SSSR count). The van der Waals surface area contributed by atoms with Crippen LogP contribution >= 0.6 is 23.8 Å². The van der Waals surface area contributed by atoms with Crippen LogP contribution in [0.4, 0.5) is 0 Å². The molecular formula is C13H18ClN3OS. The lowest BCUT2D eigenvalue weighted by molar-refractivity contribution is 0.306. The number of thiocarbonyl (C=S) groups is 1. The van der Waals surface area contributed by atoms with Gasteiger partial charge in [0.15, 0.2) is 5.11 Å². The van der Waals surface area contributed by atoms with Gasteiger partial charge in [0.05, 0.1) is 17.8 Å². The van der Waals surface area contributed by atoms with Crippen molar-refractivity contribution < 1.29 is 4.74 Å². The highest BCUT2D eigenvalue weighted by Gasteiger charge is 2.02. The molecule has 0 radical (unpaired) electrons. The molecule has 3 N–H and O–H groups in total. The van der Waals surface area contributed by atoms with E-state index in [2.05, 4.69) is 29.7 Å². The van der Waals surface area contributed by atoms with E-state index in [-0.39, 0.29) is 5.11 Å². The van der Waals surface area contributed by atoms with E-state index >= 15 is 0 Å². The smallest absolute Gasteiger partial charge is 0.184 e. The first kappa shape index (κ1) is 15.7. The van der Waals surface area contributed by atoms with Crippen molar-refractivity contribution in [1.82, 2.24) is 5.43 Å². The second-order valence-corrected chi connectivity index (χ2v) is 4.83. The first-order chi connectivity index (χ1) is 9.13. The molecule has 0 amide bonds. The van der Waals surface area contributed by atoms with Gasteiger partial charge in [-0.15, -0.1) is 0 Å². The quantitative estimate of drug-likeness (QED) is 0.351. The Hall–Kier alpha value is -1.33. The Morgan fingerprint density at radius 2 is 2.32 bits per heavy atom. The van der Waals surface area contributed by atoms with Crippen LogP contribution in [0.3, 0.4) is 0 Å². The molecule has 0 bridgehead atoms. The summed E-state index contributed by atoms with van der Waals surface area (Å²) in [6, 6.07) is 5.48. The number of hydrogen-bond donors (Lipinski definition) is 2. The predicted octanol–water partition coefficient (Wildman–Crippen LogP) is 3.08. The summed E-state index contributed by atoms with van der Waals surface area (Å²) >= 11 is 10.8. The molecule has 0 aliphatic rings. The van der Waals surface area contributed by atoms with Gasteiger partial charge in [-0.1, -0.05) is 31.4 Å². The van der Waals surface area contributed by atoms with Crippen molar-refractivity contribution in [2.24, 2.45) is 10.8 Å². The second kappa shape index (κ2) is 8.72. The Labute approximate surface area is 124 Å². The molecule has 0 fully saturated rings. The van der Waals surface area contributed by atoms with Crippen LogP contribution in [0.1, 0.15) is 31.7 Å². The van der Waals surface area contributed by atoms with Gasteiger partial charge >= 0.3 is 0 Å². The van der Waals surface area contributed by atoms with E-state index in [1.807, 2.05) is 12.1 Å². The Balaban J connectivity index is 2.54. The fourth-order valence-electron chi connectivity index (χ4n) is 1.42. The maximum Gasteiger partial charge on any atom is 0.184 e. The third-order valence-electron chi connectivity index (χ3n) is 2.35. The number of ether oxygens (including phenoxy) is 1. The molecule has 1 aromatic carbocycles. The fourth-order valence-corrected chi connectivity index (χ4v) is 1.72. The highest BCUT2D eigenvalue weighted by atomic mass is 35.5. The number of halogens is 1. The summed E-state index contributed by atoms with van der Waals surface area (Å²) in [6.45, 7) is 2.84. The average Bonchev–Trinajstić information content (AvgIpc) is 2.36. The van der Waals surface area contributed by atoms with Crippen molar-refractivity contribution in [3.8, 4) is 5.75 Å². The molecule has 0 atom stereocenters. The van der Waals surface area contributed by atoms with Crippen molar-refractivity contribution in [2.45, 2.75) is 26.2 Å². The Bertz CT molecular complexity index is 452. The van der Waals surface area contributed by atoms with Gasteiger partial charge in [-0.05, 0) is 42.4 Å². The molecule has 0 aliphatic carbocycles. The third kappa shape index (κ3) is 6.40. The first-order valence-electron chi connectivity index (χ1n) is 6.14. The summed E-state index contributed by atoms with van der Waals surface area (Å²) in [7, 11) is 0. The molecule has 6 heteroatoms. The number of hydrazone groups is 1. The minimum Gasteiger partial charge on any atom is -0.492 e. The number of nitrogens with one attached hydrogen (secondary N) is 1. The molecule has 4 nitrogen and oxygen atoms in total. The van der Waals surface area contributed by atoms with Gasteiger partial charge in [0.2, 0.25) is 0 Å². The molecule has 104 valence electrons. The van der Waals surface area contributed by atoms with E-state index in [0.29, 0.717) is 17.4 Å². The van der Waals surface area contributed by atoms with Crippen LogP contribution in [0.5, 0.6) is 5.75 Å². The zero-order valence-corrected chi connectivity index (χ0v) is 12.4. The minimum absolute atomic E-state index is 0.123. The van der Waals surface area contributed by atoms with E-state index in [4.69, 9.17) is 22.1 Å². The summed E-state index contributed by atoms with van der Waals surface area (Å²) in [4.78, 5) is 0. The monoisotopic (exact) mass is 299 g/mol. The molecule has 19 heavy (non-hydrogen) atoms. The third-order valence-corrected chi connectivity index (χ3v) is 2.74. The van der Waals surface area contributed by atoms with E-state index in [0.717, 1.165) is 18.4 Å². The molecule has 0 heterocycles. The summed E-state index contributed by atoms with van der Waals surface area (Å²) < 4.78 is 5.60. The Morgan fingerprint density at radius 1 is 1.53 bits per heavy atom. The SMILES string of the molecule is CCCCCOc1ccc(C=NNC(N)=S)cc1Cl. The van der Waals surface area contributed by atoms with Gasteiger partial charge in [0, 0.05) is 0 Å². The van der Waals surface area contributed by atoms with E-state index in [9.17, 15) is 0 Å². The fraction of sp³-hybridized carbons (Fsp3) is 0.385. The van der Waals surface area contributed by atoms with Gasteiger partial charge < -0.3 is 10.5 Å². The molecule has 1 aromatic rings. The molecule has 0 aromatic heterocycles. The lowest BCUT2D eigenvalue weighted by Gasteiger charge is -2.08. The van der Waals surface area contributed by atoms with Crippen molar-refractivity contribution in [3.63, 3.8) is 0 Å². The predicted molar refractivity (Wildman–Crippen MR) is 84.0 cm³/mol. The lowest BCUT2D eigenvalue weighted by Crippen LogP contribution is -2.23. The maximum absolute atomic E-state index is 6.13. The van der Waals surface area contributed by atoms with Crippen molar-refractivity contribution in [1.29, 1.82) is 0 Å². The van der Waals surface area contributed by atoms with E-state index in [1.54, 1.807) is 12.3 Å². The topological polar surface area (TPSA) is 59.6 Å². The normalized spacial score (nSPS) is 10.6. The molecular weight excluding hydrogens is 282 g/mol. The largest absolute Gasteiger partial charge is 0.492 e. The van der Waals surface area contributed by atoms with E-state index in [1.165, 1.54) is 6.42 Å². The zero-order chi connectivity index (χ0) is 14.1. The van der Waals surface area contributed by atoms with Gasteiger partial charge in [-0.3, -0.25) is 5.43 Å². The highest BCUT2D eigenvalue weighted by Crippen LogP contribution is 2.25. The zero-order valence-electron chi connectivity index (χ0n) is 10.9. The van der Waals surface area contributed by atoms with E-state index < -0.39 is 0 Å². The van der Waals surface area contributed by atoms with Crippen LogP contribution in [0, 0.1) is 0 Å². The second-order valence-electron chi connectivity index (χ2n) is 3.98. The van der Waals surface area contributed by atoms with Crippen LogP contribution in [0.15, 0.2) is 23.3 Å². The summed E-state index contributed by atoms with van der Waals surface area (Å²) in [5, 5.41) is 4.55. The average molecular weight is 300 g/mol. The van der Waals surface area contributed by atoms with Crippen LogP contribution in [0.25, 0.3) is 0 Å². The van der Waals surface area contributed by atoms with Crippen LogP contribution in [-0.4, -0.2) is 17.9 Å². The molecule has 0 unspecified atom stereocenters. The van der Waals surface area contributed by atoms with Crippen LogP contribution in [-0.2, 0) is 0 Å². The standard InChI is InChI=1S/C13H18ClN3OS/c1-2-3-4-7-18-12-6-5-10(8-11(12)14)9-16-17-13(15)19/h5-6,8-9H,2-4,7H2,1H3,(H3,15,17,19). The number of hydrogen-bond acceptors (Lipinski definition) is 3. The van der Waals surface area contributed by atoms with Crippen molar-refractivity contribution in [3.05, 3.63) is 28.8 Å². The van der Waals surface area contributed by atoms with Crippen molar-refractivity contribution >= 4 is 35.1 Å². The van der Waals surface area contributed by atoms with Crippen LogP contribution in [0.2, 0.25) is 5.02 Å². The molecule has 0 saturated heterocycles. The van der Waals surface area contributed by atoms with Gasteiger partial charge in [-0.25, -0.2) is 0 Å².